The van der Waals surface area contributed by atoms with Crippen LogP contribution < -0.4 is 10.6 Å². The molecule has 0 unspecified atom stereocenters. The van der Waals surface area contributed by atoms with Crippen molar-refractivity contribution >= 4 is 29.7 Å². The van der Waals surface area contributed by atoms with E-state index in [1.165, 1.54) is 21.3 Å². The Bertz CT molecular complexity index is 687. The normalized spacial score (nSPS) is 11.0. The molecule has 0 atom stereocenters. The van der Waals surface area contributed by atoms with Crippen LogP contribution in [-0.4, -0.2) is 116 Å². The summed E-state index contributed by atoms with van der Waals surface area (Å²) in [4.78, 5) is 58.8. The molecule has 0 fully saturated rings. The van der Waals surface area contributed by atoms with Gasteiger partial charge in [0.05, 0.1) is 93.4 Å². The summed E-state index contributed by atoms with van der Waals surface area (Å²) in [7, 11) is 3.79. The van der Waals surface area contributed by atoms with E-state index in [4.69, 9.17) is 18.9 Å². The molecule has 0 aliphatic heterocycles. The van der Waals surface area contributed by atoms with E-state index >= 15 is 0 Å². The smallest absolute Gasteiger partial charge is 0.307 e. The molecule has 40 heavy (non-hydrogen) atoms. The summed E-state index contributed by atoms with van der Waals surface area (Å²) in [6.45, 7) is 2.44. The maximum Gasteiger partial charge on any atom is 0.307 e. The van der Waals surface area contributed by atoms with Gasteiger partial charge in [0.15, 0.2) is 0 Å². The minimum Gasteiger partial charge on any atom is -0.469 e. The summed E-state index contributed by atoms with van der Waals surface area (Å²) < 4.78 is 36.2. The monoisotopic (exact) mass is 578 g/mol. The topological polar surface area (TPSA) is 174 Å². The molecule has 0 saturated carbocycles. The Labute approximate surface area is 236 Å². The van der Waals surface area contributed by atoms with E-state index in [9.17, 15) is 24.0 Å². The van der Waals surface area contributed by atoms with Crippen molar-refractivity contribution in [1.29, 1.82) is 0 Å². The van der Waals surface area contributed by atoms with Crippen molar-refractivity contribution in [3.63, 3.8) is 0 Å². The Morgan fingerprint density at radius 1 is 0.575 bits per heavy atom. The lowest BCUT2D eigenvalue weighted by Gasteiger charge is -2.34. The highest BCUT2D eigenvalue weighted by atomic mass is 16.5. The van der Waals surface area contributed by atoms with Crippen molar-refractivity contribution in [1.82, 2.24) is 10.6 Å². The number of ether oxygens (including phenoxy) is 7. The fourth-order valence-corrected chi connectivity index (χ4v) is 3.12. The van der Waals surface area contributed by atoms with Crippen LogP contribution in [0.25, 0.3) is 0 Å². The average molecular weight is 579 g/mol. The van der Waals surface area contributed by atoms with Gasteiger partial charge in [-0.25, -0.2) is 0 Å². The number of carbonyl (C=O) groups is 5. The first kappa shape index (κ1) is 37.2. The van der Waals surface area contributed by atoms with Crippen LogP contribution in [0.3, 0.4) is 0 Å². The summed E-state index contributed by atoms with van der Waals surface area (Å²) in [6, 6.07) is 0. The van der Waals surface area contributed by atoms with Crippen LogP contribution in [0.4, 0.5) is 0 Å². The minimum atomic E-state index is -1.22. The number of methoxy groups -OCH3 is 3. The highest BCUT2D eigenvalue weighted by molar-refractivity contribution is 5.77. The minimum absolute atomic E-state index is 0.00197. The van der Waals surface area contributed by atoms with Crippen molar-refractivity contribution in [2.24, 2.45) is 0 Å². The summed E-state index contributed by atoms with van der Waals surface area (Å²) in [5.41, 5.74) is -1.22. The SMILES string of the molecule is CCCCC(=O)NCCOCCC(=O)NC(COCCC(=O)OC)(COCCC(=O)OC)COCCC(=O)OC. The first-order valence-corrected chi connectivity index (χ1v) is 13.3. The van der Waals surface area contributed by atoms with Crippen molar-refractivity contribution in [3.8, 4) is 0 Å². The summed E-state index contributed by atoms with van der Waals surface area (Å²) >= 11 is 0. The molecule has 0 saturated heterocycles. The molecular weight excluding hydrogens is 532 g/mol. The molecular formula is C26H46N2O12. The van der Waals surface area contributed by atoms with E-state index < -0.39 is 29.4 Å². The van der Waals surface area contributed by atoms with Gasteiger partial charge in [0.2, 0.25) is 11.8 Å². The van der Waals surface area contributed by atoms with E-state index in [1.54, 1.807) is 0 Å². The van der Waals surface area contributed by atoms with Crippen LogP contribution in [-0.2, 0) is 57.1 Å². The van der Waals surface area contributed by atoms with Gasteiger partial charge in [-0.05, 0) is 6.42 Å². The zero-order chi connectivity index (χ0) is 30.1. The first-order valence-electron chi connectivity index (χ1n) is 13.3. The molecule has 232 valence electrons. The predicted octanol–water partition coefficient (Wildman–Crippen LogP) is 0.294. The van der Waals surface area contributed by atoms with Crippen LogP contribution in [0.1, 0.15) is 51.9 Å². The van der Waals surface area contributed by atoms with E-state index in [0.29, 0.717) is 13.0 Å². The van der Waals surface area contributed by atoms with Gasteiger partial charge in [0.1, 0.15) is 5.54 Å². The second-order valence-electron chi connectivity index (χ2n) is 8.78. The second-order valence-corrected chi connectivity index (χ2v) is 8.78. The molecule has 0 aliphatic carbocycles. The van der Waals surface area contributed by atoms with Crippen LogP contribution in [0, 0.1) is 0 Å². The summed E-state index contributed by atoms with van der Waals surface area (Å²) in [5.74, 6) is -1.82. The molecule has 0 aliphatic rings. The molecule has 0 spiro atoms. The molecule has 0 aromatic carbocycles. The van der Waals surface area contributed by atoms with Gasteiger partial charge >= 0.3 is 17.9 Å². The molecule has 2 amide bonds. The Morgan fingerprint density at radius 3 is 1.45 bits per heavy atom. The Balaban J connectivity index is 5.10. The van der Waals surface area contributed by atoms with E-state index in [1.807, 2.05) is 6.92 Å². The molecule has 0 rings (SSSR count). The van der Waals surface area contributed by atoms with Gasteiger partial charge in [-0.3, -0.25) is 24.0 Å². The van der Waals surface area contributed by atoms with Crippen molar-refractivity contribution in [3.05, 3.63) is 0 Å². The highest BCUT2D eigenvalue weighted by Gasteiger charge is 2.34. The lowest BCUT2D eigenvalue weighted by molar-refractivity contribution is -0.143. The summed E-state index contributed by atoms with van der Waals surface area (Å²) in [6.07, 6.45) is 2.20. The Kier molecular flexibility index (Phi) is 22.3. The van der Waals surface area contributed by atoms with Crippen LogP contribution >= 0.6 is 0 Å². The van der Waals surface area contributed by atoms with Gasteiger partial charge in [-0.15, -0.1) is 0 Å². The van der Waals surface area contributed by atoms with Gasteiger partial charge < -0.3 is 43.8 Å². The molecule has 0 bridgehead atoms. The molecule has 14 heteroatoms. The molecule has 14 nitrogen and oxygen atoms in total. The van der Waals surface area contributed by atoms with E-state index in [0.717, 1.165) is 12.8 Å². The largest absolute Gasteiger partial charge is 0.469 e. The standard InChI is InChI=1S/C26H46N2O12/c1-5-6-7-21(29)27-12-17-37-13-8-22(30)28-26(18-38-14-9-23(31)34-2,19-39-15-10-24(32)35-3)20-40-16-11-25(33)36-4/h5-20H2,1-4H3,(H,27,29)(H,28,30). The number of hydrogen-bond donors (Lipinski definition) is 2. The molecule has 0 radical (unpaired) electrons. The van der Waals surface area contributed by atoms with Gasteiger partial charge in [0, 0.05) is 19.4 Å². The Hall–Kier alpha value is -2.81. The van der Waals surface area contributed by atoms with Crippen LogP contribution in [0.2, 0.25) is 0 Å². The molecule has 0 aromatic heterocycles. The quantitative estimate of drug-likeness (QED) is 0.0862. The number of hydrogen-bond acceptors (Lipinski definition) is 12. The van der Waals surface area contributed by atoms with Crippen molar-refractivity contribution in [2.45, 2.75) is 57.4 Å². The van der Waals surface area contributed by atoms with Crippen LogP contribution in [0.5, 0.6) is 0 Å². The zero-order valence-corrected chi connectivity index (χ0v) is 24.2. The third kappa shape index (κ3) is 20.1. The van der Waals surface area contributed by atoms with Gasteiger partial charge in [-0.2, -0.15) is 0 Å². The number of esters is 3. The zero-order valence-electron chi connectivity index (χ0n) is 24.2. The second kappa shape index (κ2) is 24.0. The third-order valence-corrected chi connectivity index (χ3v) is 5.37. The molecule has 2 N–H and O–H groups in total. The number of rotatable bonds is 25. The number of amides is 2. The van der Waals surface area contributed by atoms with Crippen molar-refractivity contribution < 1.29 is 57.1 Å². The lowest BCUT2D eigenvalue weighted by Crippen LogP contribution is -2.59. The Morgan fingerprint density at radius 2 is 1.02 bits per heavy atom. The number of nitrogens with one attached hydrogen (secondary N) is 2. The maximum absolute atomic E-state index is 12.8. The molecule has 0 heterocycles. The molecule has 0 aromatic rings. The first-order chi connectivity index (χ1) is 19.2. The lowest BCUT2D eigenvalue weighted by atomic mass is 10.0. The van der Waals surface area contributed by atoms with Crippen LogP contribution in [0.15, 0.2) is 0 Å². The van der Waals surface area contributed by atoms with E-state index in [2.05, 4.69) is 24.8 Å². The van der Waals surface area contributed by atoms with Gasteiger partial charge in [0.25, 0.3) is 0 Å². The number of carbonyl (C=O) groups excluding carboxylic acids is 5. The highest BCUT2D eigenvalue weighted by Crippen LogP contribution is 2.11. The fraction of sp³-hybridized carbons (Fsp3) is 0.808. The maximum atomic E-state index is 12.8. The van der Waals surface area contributed by atoms with Crippen molar-refractivity contribution in [2.75, 3.05) is 80.7 Å². The number of unbranched alkanes of at least 4 members (excludes halogenated alkanes) is 1. The third-order valence-electron chi connectivity index (χ3n) is 5.37. The summed E-state index contributed by atoms with van der Waals surface area (Å²) in [5, 5.41) is 5.61. The van der Waals surface area contributed by atoms with Gasteiger partial charge in [-0.1, -0.05) is 13.3 Å². The fourth-order valence-electron chi connectivity index (χ4n) is 3.12. The predicted molar refractivity (Wildman–Crippen MR) is 141 cm³/mol. The average Bonchev–Trinajstić information content (AvgIpc) is 2.95. The van der Waals surface area contributed by atoms with E-state index in [-0.39, 0.29) is 84.4 Å².